The number of alkyl halides is 1. The summed E-state index contributed by atoms with van der Waals surface area (Å²) in [4.78, 5) is 6.76. The summed E-state index contributed by atoms with van der Waals surface area (Å²) >= 11 is 5.71. The van der Waals surface area contributed by atoms with Crippen molar-refractivity contribution in [1.82, 2.24) is 14.6 Å². The Morgan fingerprint density at radius 3 is 3.06 bits per heavy atom. The van der Waals surface area contributed by atoms with E-state index in [1.54, 1.807) is 10.7 Å². The van der Waals surface area contributed by atoms with Gasteiger partial charge in [-0.1, -0.05) is 0 Å². The van der Waals surface area contributed by atoms with Gasteiger partial charge < -0.3 is 4.90 Å². The molecule has 2 rings (SSSR count). The van der Waals surface area contributed by atoms with E-state index in [9.17, 15) is 0 Å². The van der Waals surface area contributed by atoms with Gasteiger partial charge in [0, 0.05) is 31.2 Å². The van der Waals surface area contributed by atoms with E-state index in [0.717, 1.165) is 31.0 Å². The minimum absolute atomic E-state index is 0.686. The third kappa shape index (κ3) is 2.27. The molecule has 0 saturated carbocycles. The number of hydrogen-bond acceptors (Lipinski definition) is 3. The van der Waals surface area contributed by atoms with E-state index in [-0.39, 0.29) is 0 Å². The molecule has 0 spiro atoms. The molecule has 16 heavy (non-hydrogen) atoms. The Morgan fingerprint density at radius 2 is 2.31 bits per heavy atom. The maximum absolute atomic E-state index is 5.71. The summed E-state index contributed by atoms with van der Waals surface area (Å²) in [5.41, 5.74) is 0.877. The highest BCUT2D eigenvalue weighted by molar-refractivity contribution is 6.17. The molecule has 0 aliphatic carbocycles. The highest BCUT2D eigenvalue weighted by atomic mass is 35.5. The molecule has 0 fully saturated rings. The van der Waals surface area contributed by atoms with E-state index in [1.165, 1.54) is 0 Å². The van der Waals surface area contributed by atoms with Crippen LogP contribution >= 0.6 is 11.6 Å². The Hall–Kier alpha value is -1.29. The van der Waals surface area contributed by atoms with Crippen molar-refractivity contribution in [3.8, 4) is 0 Å². The molecule has 0 amide bonds. The summed E-state index contributed by atoms with van der Waals surface area (Å²) < 4.78 is 1.76. The molecule has 0 atom stereocenters. The van der Waals surface area contributed by atoms with E-state index in [2.05, 4.69) is 21.9 Å². The summed E-state index contributed by atoms with van der Waals surface area (Å²) in [6, 6.07) is 3.89. The monoisotopic (exact) mass is 238 g/mol. The number of fused-ring (bicyclic) bond motifs is 1. The Balaban J connectivity index is 2.22. The van der Waals surface area contributed by atoms with Gasteiger partial charge in [-0.3, -0.25) is 0 Å². The first-order chi connectivity index (χ1) is 7.85. The van der Waals surface area contributed by atoms with E-state index in [0.29, 0.717) is 5.88 Å². The number of nitrogens with zero attached hydrogens (tertiary/aromatic N) is 4. The second kappa shape index (κ2) is 5.16. The lowest BCUT2D eigenvalue weighted by molar-refractivity contribution is 0.778. The van der Waals surface area contributed by atoms with Gasteiger partial charge in [-0.05, 0) is 19.4 Å². The Kier molecular flexibility index (Phi) is 3.62. The average Bonchev–Trinajstić information content (AvgIpc) is 2.77. The summed E-state index contributed by atoms with van der Waals surface area (Å²) in [7, 11) is 0. The van der Waals surface area contributed by atoms with Crippen LogP contribution in [0.4, 0.5) is 5.82 Å². The van der Waals surface area contributed by atoms with Gasteiger partial charge >= 0.3 is 0 Å². The van der Waals surface area contributed by atoms with Crippen LogP contribution in [0, 0.1) is 0 Å². The third-order valence-corrected chi connectivity index (χ3v) is 2.78. The van der Waals surface area contributed by atoms with E-state index in [1.807, 2.05) is 18.3 Å². The van der Waals surface area contributed by atoms with Crippen LogP contribution in [0.1, 0.15) is 13.3 Å². The zero-order chi connectivity index (χ0) is 11.4. The molecule has 0 aliphatic rings. The largest absolute Gasteiger partial charge is 0.357 e. The van der Waals surface area contributed by atoms with Crippen LogP contribution in [0.25, 0.3) is 5.65 Å². The fourth-order valence-electron chi connectivity index (χ4n) is 1.66. The van der Waals surface area contributed by atoms with Gasteiger partial charge in [0.2, 0.25) is 0 Å². The number of anilines is 1. The molecular formula is C11H15ClN4. The SMILES string of the molecule is CCN(CCCCl)c1ccn2nccc2n1. The van der Waals surface area contributed by atoms with E-state index in [4.69, 9.17) is 11.6 Å². The lowest BCUT2D eigenvalue weighted by Crippen LogP contribution is -2.25. The molecule has 0 unspecified atom stereocenters. The number of rotatable bonds is 5. The van der Waals surface area contributed by atoms with E-state index < -0.39 is 0 Å². The van der Waals surface area contributed by atoms with Crippen molar-refractivity contribution >= 4 is 23.1 Å². The van der Waals surface area contributed by atoms with Crippen LogP contribution in [0.5, 0.6) is 0 Å². The standard InChI is InChI=1S/C11H15ClN4/c1-2-15(8-3-6-12)10-5-9-16-11(14-10)4-7-13-16/h4-5,7,9H,2-3,6,8H2,1H3. The van der Waals surface area contributed by atoms with Crippen LogP contribution in [0.3, 0.4) is 0 Å². The van der Waals surface area contributed by atoms with Crippen LogP contribution in [-0.2, 0) is 0 Å². The molecule has 4 nitrogen and oxygen atoms in total. The van der Waals surface area contributed by atoms with Crippen LogP contribution in [-0.4, -0.2) is 33.6 Å². The minimum Gasteiger partial charge on any atom is -0.357 e. The highest BCUT2D eigenvalue weighted by Crippen LogP contribution is 2.12. The van der Waals surface area contributed by atoms with Gasteiger partial charge in [0.25, 0.3) is 0 Å². The van der Waals surface area contributed by atoms with Crippen LogP contribution in [0.15, 0.2) is 24.5 Å². The molecule has 0 aliphatic heterocycles. The second-order valence-corrected chi connectivity index (χ2v) is 3.92. The zero-order valence-corrected chi connectivity index (χ0v) is 10.1. The number of hydrogen-bond donors (Lipinski definition) is 0. The van der Waals surface area contributed by atoms with Gasteiger partial charge in [-0.25, -0.2) is 9.50 Å². The maximum Gasteiger partial charge on any atom is 0.157 e. The Bertz CT molecular complexity index is 454. The average molecular weight is 239 g/mol. The van der Waals surface area contributed by atoms with Crippen molar-refractivity contribution in [2.75, 3.05) is 23.9 Å². The maximum atomic E-state index is 5.71. The van der Waals surface area contributed by atoms with Crippen LogP contribution in [0.2, 0.25) is 0 Å². The summed E-state index contributed by atoms with van der Waals surface area (Å²) in [6.07, 6.45) is 4.66. The molecule has 0 bridgehead atoms. The Labute approximate surface area is 99.8 Å². The zero-order valence-electron chi connectivity index (χ0n) is 9.30. The predicted octanol–water partition coefficient (Wildman–Crippen LogP) is 2.18. The smallest absolute Gasteiger partial charge is 0.157 e. The number of halogens is 1. The summed E-state index contributed by atoms with van der Waals surface area (Å²) in [6.45, 7) is 4.00. The van der Waals surface area contributed by atoms with Crippen LogP contribution < -0.4 is 4.90 Å². The molecule has 2 heterocycles. The summed E-state index contributed by atoms with van der Waals surface area (Å²) in [5, 5.41) is 4.12. The molecule has 0 N–H and O–H groups in total. The van der Waals surface area contributed by atoms with Crippen molar-refractivity contribution in [3.63, 3.8) is 0 Å². The summed E-state index contributed by atoms with van der Waals surface area (Å²) in [5.74, 6) is 1.67. The Morgan fingerprint density at radius 1 is 1.44 bits per heavy atom. The predicted molar refractivity (Wildman–Crippen MR) is 66.2 cm³/mol. The third-order valence-electron chi connectivity index (χ3n) is 2.51. The normalized spacial score (nSPS) is 10.9. The first-order valence-electron chi connectivity index (χ1n) is 5.46. The molecule has 2 aromatic rings. The molecule has 2 aromatic heterocycles. The van der Waals surface area contributed by atoms with Gasteiger partial charge in [-0.15, -0.1) is 11.6 Å². The first-order valence-corrected chi connectivity index (χ1v) is 6.00. The van der Waals surface area contributed by atoms with Gasteiger partial charge in [0.05, 0.1) is 6.20 Å². The fourth-order valence-corrected chi connectivity index (χ4v) is 1.78. The highest BCUT2D eigenvalue weighted by Gasteiger charge is 2.06. The lowest BCUT2D eigenvalue weighted by atomic mass is 10.4. The van der Waals surface area contributed by atoms with Crippen molar-refractivity contribution in [1.29, 1.82) is 0 Å². The van der Waals surface area contributed by atoms with E-state index >= 15 is 0 Å². The molecule has 0 saturated heterocycles. The van der Waals surface area contributed by atoms with Gasteiger partial charge in [0.1, 0.15) is 5.82 Å². The van der Waals surface area contributed by atoms with Crippen molar-refractivity contribution < 1.29 is 0 Å². The molecule has 0 aromatic carbocycles. The van der Waals surface area contributed by atoms with Gasteiger partial charge in [-0.2, -0.15) is 5.10 Å². The molecule has 86 valence electrons. The minimum atomic E-state index is 0.686. The molecule has 5 heteroatoms. The molecule has 0 radical (unpaired) electrons. The van der Waals surface area contributed by atoms with Crippen molar-refractivity contribution in [2.24, 2.45) is 0 Å². The topological polar surface area (TPSA) is 33.4 Å². The molecular weight excluding hydrogens is 224 g/mol. The lowest BCUT2D eigenvalue weighted by Gasteiger charge is -2.21. The number of aromatic nitrogens is 3. The van der Waals surface area contributed by atoms with Gasteiger partial charge in [0.15, 0.2) is 5.65 Å². The second-order valence-electron chi connectivity index (χ2n) is 3.54. The first kappa shape index (κ1) is 11.2. The van der Waals surface area contributed by atoms with Crippen molar-refractivity contribution in [3.05, 3.63) is 24.5 Å². The van der Waals surface area contributed by atoms with Crippen molar-refractivity contribution in [2.45, 2.75) is 13.3 Å². The fraction of sp³-hybridized carbons (Fsp3) is 0.455. The quantitative estimate of drug-likeness (QED) is 0.749.